The van der Waals surface area contributed by atoms with Crippen LogP contribution in [0.25, 0.3) is 104 Å². The molecule has 0 saturated heterocycles. The van der Waals surface area contributed by atoms with Crippen LogP contribution >= 0.6 is 0 Å². The average Bonchev–Trinajstić information content (AvgIpc) is 3.75. The maximum Gasteiger partial charge on any atom is 0.0546 e. The molecule has 13 aromatic rings. The monoisotopic (exact) mass is 864 g/mol. The van der Waals surface area contributed by atoms with Gasteiger partial charge >= 0.3 is 0 Å². The van der Waals surface area contributed by atoms with Gasteiger partial charge < -0.3 is 9.47 Å². The molecule has 0 N–H and O–H groups in total. The Morgan fingerprint density at radius 2 is 0.721 bits per heavy atom. The van der Waals surface area contributed by atoms with Crippen molar-refractivity contribution in [1.29, 1.82) is 0 Å². The Kier molecular flexibility index (Phi) is 9.54. The summed E-state index contributed by atoms with van der Waals surface area (Å²) in [7, 11) is 0. The van der Waals surface area contributed by atoms with Gasteiger partial charge in [0.2, 0.25) is 0 Å². The third-order valence-electron chi connectivity index (χ3n) is 13.8. The number of anilines is 3. The van der Waals surface area contributed by atoms with E-state index in [9.17, 15) is 0 Å². The van der Waals surface area contributed by atoms with Crippen LogP contribution in [-0.2, 0) is 0 Å². The normalized spacial score (nSPS) is 11.5. The summed E-state index contributed by atoms with van der Waals surface area (Å²) in [5.74, 6) is 0. The largest absolute Gasteiger partial charge is 0.310 e. The Bertz CT molecular complexity index is 3960. The lowest BCUT2D eigenvalue weighted by Crippen LogP contribution is -2.11. The molecule has 2 nitrogen and oxygen atoms in total. The highest BCUT2D eigenvalue weighted by molar-refractivity contribution is 6.10. The summed E-state index contributed by atoms with van der Waals surface area (Å²) in [5, 5.41) is 9.88. The molecule has 1 aromatic heterocycles. The number of aromatic nitrogens is 1. The van der Waals surface area contributed by atoms with Crippen molar-refractivity contribution in [2.24, 2.45) is 0 Å². The molecule has 0 radical (unpaired) electrons. The molecule has 68 heavy (non-hydrogen) atoms. The predicted octanol–water partition coefficient (Wildman–Crippen LogP) is 18.4. The maximum atomic E-state index is 2.46. The Morgan fingerprint density at radius 1 is 0.250 bits per heavy atom. The topological polar surface area (TPSA) is 8.17 Å². The van der Waals surface area contributed by atoms with E-state index in [-0.39, 0.29) is 0 Å². The summed E-state index contributed by atoms with van der Waals surface area (Å²) in [6.07, 6.45) is 0. The van der Waals surface area contributed by atoms with Crippen LogP contribution in [0.1, 0.15) is 0 Å². The van der Waals surface area contributed by atoms with E-state index < -0.39 is 0 Å². The SMILES string of the molecule is c1ccc(-n2c3ccccc3c3ccccc32)c(-c2ccc(N(c3ccc(-c4ccc5ccccc5c4)cc3)c3cc(-c4cccc5ccccc45)ccc3-c3cccc4ccccc34)cc2)c1. The molecular formula is C66H44N2. The van der Waals surface area contributed by atoms with Crippen molar-refractivity contribution >= 4 is 71.2 Å². The van der Waals surface area contributed by atoms with Gasteiger partial charge in [-0.05, 0) is 120 Å². The van der Waals surface area contributed by atoms with Gasteiger partial charge in [-0.2, -0.15) is 0 Å². The van der Waals surface area contributed by atoms with Crippen LogP contribution in [0.5, 0.6) is 0 Å². The summed E-state index contributed by atoms with van der Waals surface area (Å²) in [4.78, 5) is 2.46. The molecule has 0 fully saturated rings. The lowest BCUT2D eigenvalue weighted by atomic mass is 9.92. The zero-order chi connectivity index (χ0) is 45.0. The number of nitrogens with zero attached hydrogens (tertiary/aromatic N) is 2. The molecule has 0 aliphatic rings. The van der Waals surface area contributed by atoms with Crippen molar-refractivity contribution < 1.29 is 0 Å². The number of hydrogen-bond donors (Lipinski definition) is 0. The smallest absolute Gasteiger partial charge is 0.0546 e. The van der Waals surface area contributed by atoms with Crippen molar-refractivity contribution in [3.05, 3.63) is 267 Å². The van der Waals surface area contributed by atoms with Gasteiger partial charge in [0, 0.05) is 33.3 Å². The predicted molar refractivity (Wildman–Crippen MR) is 290 cm³/mol. The second kappa shape index (κ2) is 16.5. The third-order valence-corrected chi connectivity index (χ3v) is 13.8. The van der Waals surface area contributed by atoms with E-state index >= 15 is 0 Å². The fourth-order valence-corrected chi connectivity index (χ4v) is 10.5. The molecule has 1 heterocycles. The van der Waals surface area contributed by atoms with Gasteiger partial charge in [0.25, 0.3) is 0 Å². The Hall–Kier alpha value is -8.98. The van der Waals surface area contributed by atoms with Crippen LogP contribution in [0.3, 0.4) is 0 Å². The zero-order valence-electron chi connectivity index (χ0n) is 37.3. The van der Waals surface area contributed by atoms with Crippen LogP contribution in [0.4, 0.5) is 17.1 Å². The highest BCUT2D eigenvalue weighted by Gasteiger charge is 2.22. The molecule has 13 rings (SSSR count). The first-order valence-corrected chi connectivity index (χ1v) is 23.4. The van der Waals surface area contributed by atoms with Gasteiger partial charge in [0.1, 0.15) is 0 Å². The average molecular weight is 865 g/mol. The number of benzene rings is 12. The van der Waals surface area contributed by atoms with Crippen LogP contribution < -0.4 is 4.90 Å². The van der Waals surface area contributed by atoms with Gasteiger partial charge in [-0.3, -0.25) is 0 Å². The van der Waals surface area contributed by atoms with E-state index in [1.165, 1.54) is 81.9 Å². The highest BCUT2D eigenvalue weighted by atomic mass is 15.1. The third kappa shape index (κ3) is 6.73. The van der Waals surface area contributed by atoms with E-state index in [0.29, 0.717) is 0 Å². The lowest BCUT2D eigenvalue weighted by Gasteiger charge is -2.29. The van der Waals surface area contributed by atoms with Crippen molar-refractivity contribution in [1.82, 2.24) is 4.57 Å². The fraction of sp³-hybridized carbons (Fsp3) is 0. The number of para-hydroxylation sites is 3. The molecule has 0 saturated carbocycles. The number of rotatable bonds is 8. The second-order valence-electron chi connectivity index (χ2n) is 17.7. The van der Waals surface area contributed by atoms with Crippen molar-refractivity contribution in [2.75, 3.05) is 4.90 Å². The standard InChI is InChI=1S/C66H44N2/c1-2-18-50-43-51(32-31-45(50)15-1)46-33-38-53(39-34-46)67(54-40-35-49(36-41-54)58-23-7-10-28-63(58)68-64-29-11-8-24-60(64)61-25-9-12-30-65(61)68)66-44-52(57-26-13-19-47-16-3-5-21-55(47)57)37-42-62(66)59-27-14-20-48-17-4-6-22-56(48)59/h1-44H. The molecule has 0 unspecified atom stereocenters. The minimum Gasteiger partial charge on any atom is -0.310 e. The lowest BCUT2D eigenvalue weighted by molar-refractivity contribution is 1.18. The summed E-state index contributed by atoms with van der Waals surface area (Å²) in [5.41, 5.74) is 16.2. The first-order valence-electron chi connectivity index (χ1n) is 23.4. The van der Waals surface area contributed by atoms with Crippen LogP contribution in [0.2, 0.25) is 0 Å². The van der Waals surface area contributed by atoms with Crippen molar-refractivity contribution in [3.63, 3.8) is 0 Å². The summed E-state index contributed by atoms with van der Waals surface area (Å²) >= 11 is 0. The molecule has 0 bridgehead atoms. The molecule has 0 amide bonds. The zero-order valence-corrected chi connectivity index (χ0v) is 37.3. The van der Waals surface area contributed by atoms with E-state index in [1.54, 1.807) is 0 Å². The number of hydrogen-bond acceptors (Lipinski definition) is 1. The molecule has 0 aliphatic carbocycles. The van der Waals surface area contributed by atoms with Crippen LogP contribution in [0.15, 0.2) is 267 Å². The fourth-order valence-electron chi connectivity index (χ4n) is 10.5. The molecule has 0 spiro atoms. The highest BCUT2D eigenvalue weighted by Crippen LogP contribution is 2.46. The van der Waals surface area contributed by atoms with Gasteiger partial charge in [-0.15, -0.1) is 0 Å². The Morgan fingerprint density at radius 3 is 1.40 bits per heavy atom. The first kappa shape index (κ1) is 39.4. The van der Waals surface area contributed by atoms with Crippen molar-refractivity contribution in [3.8, 4) is 50.2 Å². The minimum absolute atomic E-state index is 1.07. The summed E-state index contributed by atoms with van der Waals surface area (Å²) in [6.45, 7) is 0. The maximum absolute atomic E-state index is 2.46. The molecule has 2 heteroatoms. The summed E-state index contributed by atoms with van der Waals surface area (Å²) < 4.78 is 2.42. The molecule has 318 valence electrons. The van der Waals surface area contributed by atoms with Gasteiger partial charge in [-0.1, -0.05) is 212 Å². The van der Waals surface area contributed by atoms with E-state index in [0.717, 1.165) is 39.4 Å². The number of fused-ring (bicyclic) bond motifs is 6. The van der Waals surface area contributed by atoms with Gasteiger partial charge in [0.05, 0.1) is 22.4 Å². The molecule has 0 atom stereocenters. The Balaban J connectivity index is 1.01. The second-order valence-corrected chi connectivity index (χ2v) is 17.7. The molecular weight excluding hydrogens is 821 g/mol. The summed E-state index contributed by atoms with van der Waals surface area (Å²) in [6, 6.07) is 97.7. The van der Waals surface area contributed by atoms with Gasteiger partial charge in [0.15, 0.2) is 0 Å². The molecule has 0 aliphatic heterocycles. The van der Waals surface area contributed by atoms with E-state index in [4.69, 9.17) is 0 Å². The Labute approximate surface area is 395 Å². The quantitative estimate of drug-likeness (QED) is 0.148. The van der Waals surface area contributed by atoms with Crippen LogP contribution in [-0.4, -0.2) is 4.57 Å². The molecule has 12 aromatic carbocycles. The first-order chi connectivity index (χ1) is 33.7. The van der Waals surface area contributed by atoms with Gasteiger partial charge in [-0.25, -0.2) is 0 Å². The van der Waals surface area contributed by atoms with E-state index in [1.807, 2.05) is 0 Å². The minimum atomic E-state index is 1.07. The van der Waals surface area contributed by atoms with E-state index in [2.05, 4.69) is 276 Å². The van der Waals surface area contributed by atoms with Crippen LogP contribution in [0, 0.1) is 0 Å². The van der Waals surface area contributed by atoms with Crippen molar-refractivity contribution in [2.45, 2.75) is 0 Å².